The van der Waals surface area contributed by atoms with E-state index in [0.717, 1.165) is 19.3 Å². The van der Waals surface area contributed by atoms with Gasteiger partial charge in [-0.05, 0) is 48.9 Å². The van der Waals surface area contributed by atoms with Crippen molar-refractivity contribution in [2.45, 2.75) is 52.1 Å². The average Bonchev–Trinajstić information content (AvgIpc) is 2.56. The van der Waals surface area contributed by atoms with Crippen LogP contribution in [0.5, 0.6) is 0 Å². The Hall–Kier alpha value is -0.0800. The Bertz CT molecular complexity index is 229. The number of aliphatic hydroxyl groups excluding tert-OH is 2. The predicted octanol–water partition coefficient (Wildman–Crippen LogP) is 2.19. The first-order valence-electron chi connectivity index (χ1n) is 6.38. The summed E-state index contributed by atoms with van der Waals surface area (Å²) in [6.07, 6.45) is 5.65. The number of rotatable bonds is 2. The maximum absolute atomic E-state index is 10.1. The smallest absolute Gasteiger partial charge is 0.0573 e. The van der Waals surface area contributed by atoms with Crippen LogP contribution in [0.2, 0.25) is 0 Å². The first-order valence-corrected chi connectivity index (χ1v) is 6.38. The normalized spacial score (nSPS) is 47.6. The molecular formula is C13H24O2. The quantitative estimate of drug-likeness (QED) is 0.736. The van der Waals surface area contributed by atoms with Crippen molar-refractivity contribution >= 4 is 0 Å². The molecule has 0 amide bonds. The van der Waals surface area contributed by atoms with Crippen LogP contribution in [0.15, 0.2) is 0 Å². The molecule has 0 aromatic heterocycles. The fourth-order valence-electron chi connectivity index (χ4n) is 4.25. The highest BCUT2D eigenvalue weighted by atomic mass is 16.3. The lowest BCUT2D eigenvalue weighted by Gasteiger charge is -2.45. The van der Waals surface area contributed by atoms with Crippen LogP contribution in [0.3, 0.4) is 0 Å². The third-order valence-electron chi connectivity index (χ3n) is 5.14. The van der Waals surface area contributed by atoms with Gasteiger partial charge in [0.2, 0.25) is 0 Å². The summed E-state index contributed by atoms with van der Waals surface area (Å²) in [6, 6.07) is 0. The summed E-state index contributed by atoms with van der Waals surface area (Å²) in [5.41, 5.74) is 0.291. The van der Waals surface area contributed by atoms with Crippen molar-refractivity contribution in [2.24, 2.45) is 23.2 Å². The van der Waals surface area contributed by atoms with Crippen LogP contribution in [0, 0.1) is 23.2 Å². The topological polar surface area (TPSA) is 40.5 Å². The van der Waals surface area contributed by atoms with Crippen LogP contribution in [0.25, 0.3) is 0 Å². The van der Waals surface area contributed by atoms with E-state index in [1.54, 1.807) is 0 Å². The molecule has 5 atom stereocenters. The molecule has 2 aliphatic rings. The Labute approximate surface area is 92.7 Å². The van der Waals surface area contributed by atoms with Gasteiger partial charge in [0.25, 0.3) is 0 Å². The fraction of sp³-hybridized carbons (Fsp3) is 1.00. The molecule has 0 bridgehead atoms. The van der Waals surface area contributed by atoms with Crippen LogP contribution in [-0.4, -0.2) is 22.9 Å². The van der Waals surface area contributed by atoms with E-state index in [1.165, 1.54) is 12.8 Å². The molecule has 0 unspecified atom stereocenters. The van der Waals surface area contributed by atoms with E-state index in [0.29, 0.717) is 29.8 Å². The number of fused-ring (bicyclic) bond motifs is 1. The van der Waals surface area contributed by atoms with Gasteiger partial charge in [-0.1, -0.05) is 20.3 Å². The van der Waals surface area contributed by atoms with E-state index in [2.05, 4.69) is 13.8 Å². The lowest BCUT2D eigenvalue weighted by atomic mass is 9.62. The van der Waals surface area contributed by atoms with Crippen molar-refractivity contribution in [1.82, 2.24) is 0 Å². The summed E-state index contributed by atoms with van der Waals surface area (Å²) >= 11 is 0. The summed E-state index contributed by atoms with van der Waals surface area (Å²) in [5, 5.41) is 19.4. The Morgan fingerprint density at radius 2 is 2.07 bits per heavy atom. The molecule has 88 valence electrons. The molecule has 2 rings (SSSR count). The standard InChI is InChI=1S/C13H24O2/c1-9(8-14)10-5-6-11-12(15)4-3-7-13(10,11)2/h9-12,14-15H,3-8H2,1-2H3/t9-,10+,11+,12-,13+/m0/s1. The lowest BCUT2D eigenvalue weighted by Crippen LogP contribution is -2.41. The molecule has 0 radical (unpaired) electrons. The molecule has 2 nitrogen and oxygen atoms in total. The van der Waals surface area contributed by atoms with Gasteiger partial charge in [-0.3, -0.25) is 0 Å². The summed E-state index contributed by atoms with van der Waals surface area (Å²) in [6.45, 7) is 4.78. The second-order valence-electron chi connectivity index (χ2n) is 5.92. The van der Waals surface area contributed by atoms with Crippen molar-refractivity contribution in [3.8, 4) is 0 Å². The average molecular weight is 212 g/mol. The van der Waals surface area contributed by atoms with Crippen molar-refractivity contribution < 1.29 is 10.2 Å². The van der Waals surface area contributed by atoms with Gasteiger partial charge < -0.3 is 10.2 Å². The van der Waals surface area contributed by atoms with Gasteiger partial charge in [0, 0.05) is 6.61 Å². The van der Waals surface area contributed by atoms with E-state index in [-0.39, 0.29) is 6.10 Å². The second kappa shape index (κ2) is 4.06. The summed E-state index contributed by atoms with van der Waals surface area (Å²) in [4.78, 5) is 0. The maximum Gasteiger partial charge on any atom is 0.0573 e. The zero-order valence-corrected chi connectivity index (χ0v) is 9.95. The third kappa shape index (κ3) is 1.72. The Balaban J connectivity index is 2.17. The van der Waals surface area contributed by atoms with Gasteiger partial charge >= 0.3 is 0 Å². The summed E-state index contributed by atoms with van der Waals surface area (Å²) in [7, 11) is 0. The Morgan fingerprint density at radius 1 is 1.33 bits per heavy atom. The van der Waals surface area contributed by atoms with Crippen LogP contribution >= 0.6 is 0 Å². The van der Waals surface area contributed by atoms with Crippen molar-refractivity contribution in [2.75, 3.05) is 6.61 Å². The molecule has 0 saturated heterocycles. The monoisotopic (exact) mass is 212 g/mol. The van der Waals surface area contributed by atoms with Gasteiger partial charge in [-0.15, -0.1) is 0 Å². The molecule has 2 aliphatic carbocycles. The molecule has 2 N–H and O–H groups in total. The predicted molar refractivity (Wildman–Crippen MR) is 60.4 cm³/mol. The molecule has 2 fully saturated rings. The van der Waals surface area contributed by atoms with Crippen LogP contribution in [0.4, 0.5) is 0 Å². The van der Waals surface area contributed by atoms with Gasteiger partial charge in [-0.2, -0.15) is 0 Å². The first kappa shape index (κ1) is 11.4. The van der Waals surface area contributed by atoms with E-state index in [1.807, 2.05) is 0 Å². The third-order valence-corrected chi connectivity index (χ3v) is 5.14. The molecular weight excluding hydrogens is 188 g/mol. The largest absolute Gasteiger partial charge is 0.396 e. The number of hydrogen-bond donors (Lipinski definition) is 2. The lowest BCUT2D eigenvalue weighted by molar-refractivity contribution is -0.0321. The molecule has 0 aromatic rings. The fourth-order valence-corrected chi connectivity index (χ4v) is 4.25. The van der Waals surface area contributed by atoms with E-state index in [4.69, 9.17) is 0 Å². The highest BCUT2D eigenvalue weighted by Crippen LogP contribution is 2.57. The van der Waals surface area contributed by atoms with Crippen LogP contribution in [0.1, 0.15) is 46.0 Å². The molecule has 0 heterocycles. The van der Waals surface area contributed by atoms with Gasteiger partial charge in [0.1, 0.15) is 0 Å². The summed E-state index contributed by atoms with van der Waals surface area (Å²) in [5.74, 6) is 1.50. The van der Waals surface area contributed by atoms with Crippen LogP contribution in [-0.2, 0) is 0 Å². The van der Waals surface area contributed by atoms with E-state index >= 15 is 0 Å². The van der Waals surface area contributed by atoms with Crippen molar-refractivity contribution in [3.63, 3.8) is 0 Å². The minimum absolute atomic E-state index is 0.0837. The van der Waals surface area contributed by atoms with Crippen LogP contribution < -0.4 is 0 Å². The van der Waals surface area contributed by atoms with Gasteiger partial charge in [-0.25, -0.2) is 0 Å². The minimum atomic E-state index is -0.0837. The first-order chi connectivity index (χ1) is 7.09. The SMILES string of the molecule is C[C@@H](CO)[C@H]1CC[C@@H]2[C@@H](O)CCC[C@]12C. The second-order valence-corrected chi connectivity index (χ2v) is 5.92. The Kier molecular flexibility index (Phi) is 3.09. The molecule has 0 spiro atoms. The highest BCUT2D eigenvalue weighted by Gasteiger charge is 2.51. The summed E-state index contributed by atoms with van der Waals surface area (Å²) < 4.78 is 0. The molecule has 2 saturated carbocycles. The highest BCUT2D eigenvalue weighted by molar-refractivity contribution is 5.01. The minimum Gasteiger partial charge on any atom is -0.396 e. The number of aliphatic hydroxyl groups is 2. The Morgan fingerprint density at radius 3 is 2.73 bits per heavy atom. The van der Waals surface area contributed by atoms with Gasteiger partial charge in [0.05, 0.1) is 6.10 Å². The van der Waals surface area contributed by atoms with E-state index < -0.39 is 0 Å². The zero-order valence-electron chi connectivity index (χ0n) is 9.95. The molecule has 0 aliphatic heterocycles. The van der Waals surface area contributed by atoms with Gasteiger partial charge in [0.15, 0.2) is 0 Å². The van der Waals surface area contributed by atoms with Crippen molar-refractivity contribution in [3.05, 3.63) is 0 Å². The molecule has 15 heavy (non-hydrogen) atoms. The van der Waals surface area contributed by atoms with Crippen molar-refractivity contribution in [1.29, 1.82) is 0 Å². The molecule has 2 heteroatoms. The number of hydrogen-bond acceptors (Lipinski definition) is 2. The van der Waals surface area contributed by atoms with E-state index in [9.17, 15) is 10.2 Å². The zero-order chi connectivity index (χ0) is 11.1. The molecule has 0 aromatic carbocycles. The maximum atomic E-state index is 10.1.